The predicted molar refractivity (Wildman–Crippen MR) is 75.9 cm³/mol. The fourth-order valence-electron chi connectivity index (χ4n) is 2.38. The second-order valence-electron chi connectivity index (χ2n) is 5.39. The van der Waals surface area contributed by atoms with Crippen molar-refractivity contribution in [3.05, 3.63) is 0 Å². The van der Waals surface area contributed by atoms with Gasteiger partial charge in [0, 0.05) is 11.1 Å². The second-order valence-corrected chi connectivity index (χ2v) is 11.6. The first-order valence-electron chi connectivity index (χ1n) is 4.69. The van der Waals surface area contributed by atoms with E-state index < -0.39 is 0 Å². The molecule has 1 saturated heterocycles. The molecule has 1 heterocycles. The van der Waals surface area contributed by atoms with Crippen molar-refractivity contribution in [2.24, 2.45) is 0 Å². The number of piperidine rings is 1. The van der Waals surface area contributed by atoms with E-state index in [2.05, 4.69) is 84.8 Å². The van der Waals surface area contributed by atoms with Crippen LogP contribution in [0.3, 0.4) is 0 Å². The van der Waals surface area contributed by atoms with Crippen LogP contribution in [0.1, 0.15) is 40.5 Å². The van der Waals surface area contributed by atoms with Gasteiger partial charge in [0.15, 0.2) is 0 Å². The fraction of sp³-hybridized carbons (Fsp3) is 1.00. The van der Waals surface area contributed by atoms with E-state index in [0.717, 1.165) is 0 Å². The van der Waals surface area contributed by atoms with Crippen molar-refractivity contribution in [2.75, 3.05) is 7.05 Å². The summed E-state index contributed by atoms with van der Waals surface area (Å²) >= 11 is 5.22. The lowest BCUT2D eigenvalue weighted by Crippen LogP contribution is -2.60. The normalized spacial score (nSPS) is 31.6. The van der Waals surface area contributed by atoms with E-state index in [1.807, 2.05) is 0 Å². The van der Waals surface area contributed by atoms with Crippen molar-refractivity contribution < 1.29 is 0 Å². The Morgan fingerprint density at radius 1 is 0.923 bits per heavy atom. The highest BCUT2D eigenvalue weighted by atomic mass is 127. The van der Waals surface area contributed by atoms with Gasteiger partial charge in [0.1, 0.15) is 0 Å². The van der Waals surface area contributed by atoms with Gasteiger partial charge < -0.3 is 0 Å². The third-order valence-electron chi connectivity index (χ3n) is 3.20. The van der Waals surface area contributed by atoms with Gasteiger partial charge in [0.2, 0.25) is 0 Å². The first kappa shape index (κ1) is 12.5. The van der Waals surface area contributed by atoms with Gasteiger partial charge in [-0.15, -0.1) is 0 Å². The number of hydrogen-bond donors (Lipinski definition) is 0. The molecule has 0 aliphatic carbocycles. The number of rotatable bonds is 0. The molecule has 1 rings (SSSR count). The Bertz CT molecular complexity index is 189. The molecule has 1 nitrogen and oxygen atoms in total. The van der Waals surface area contributed by atoms with Crippen LogP contribution < -0.4 is 0 Å². The average molecular weight is 407 g/mol. The third-order valence-corrected chi connectivity index (χ3v) is 4.72. The molecule has 78 valence electrons. The molecule has 1 aliphatic heterocycles. The average Bonchev–Trinajstić information content (AvgIpc) is 1.77. The molecule has 0 aromatic heterocycles. The highest BCUT2D eigenvalue weighted by Gasteiger charge is 2.48. The molecule has 1 fully saturated rings. The summed E-state index contributed by atoms with van der Waals surface area (Å²) < 4.78 is 0.426. The first-order valence-corrected chi connectivity index (χ1v) is 6.84. The van der Waals surface area contributed by atoms with Crippen LogP contribution in [-0.2, 0) is 0 Å². The maximum Gasteiger partial charge on any atom is 0.0769 e. The van der Waals surface area contributed by atoms with E-state index in [9.17, 15) is 0 Å². The SMILES string of the molecule is CN1C(C)(C)CC(I)(I)CC1(C)C. The topological polar surface area (TPSA) is 3.24 Å². The minimum absolute atomic E-state index is 0.324. The number of nitrogens with zero attached hydrogens (tertiary/aromatic N) is 1. The van der Waals surface area contributed by atoms with E-state index in [1.165, 1.54) is 12.8 Å². The minimum Gasteiger partial charge on any atom is -0.296 e. The van der Waals surface area contributed by atoms with Crippen molar-refractivity contribution >= 4 is 45.2 Å². The highest BCUT2D eigenvalue weighted by molar-refractivity contribution is 14.2. The molecule has 0 bridgehead atoms. The maximum absolute atomic E-state index is 2.61. The predicted octanol–water partition coefficient (Wildman–Crippen LogP) is 3.84. The van der Waals surface area contributed by atoms with Crippen LogP contribution in [-0.4, -0.2) is 24.5 Å². The lowest BCUT2D eigenvalue weighted by atomic mass is 9.80. The van der Waals surface area contributed by atoms with Crippen molar-refractivity contribution in [3.63, 3.8) is 0 Å². The summed E-state index contributed by atoms with van der Waals surface area (Å²) in [6.45, 7) is 9.39. The van der Waals surface area contributed by atoms with Crippen LogP contribution in [0.2, 0.25) is 0 Å². The van der Waals surface area contributed by atoms with Gasteiger partial charge in [-0.25, -0.2) is 0 Å². The van der Waals surface area contributed by atoms with E-state index in [4.69, 9.17) is 0 Å². The lowest BCUT2D eigenvalue weighted by Gasteiger charge is -2.55. The Balaban J connectivity index is 2.96. The lowest BCUT2D eigenvalue weighted by molar-refractivity contribution is 0.00123. The molecule has 0 aromatic carbocycles. The van der Waals surface area contributed by atoms with E-state index >= 15 is 0 Å². The van der Waals surface area contributed by atoms with E-state index in [1.54, 1.807) is 0 Å². The standard InChI is InChI=1S/C10H19I2N/c1-8(2)6-10(11,12)7-9(3,4)13(8)5/h6-7H2,1-5H3. The van der Waals surface area contributed by atoms with Crippen LogP contribution in [0, 0.1) is 0 Å². The van der Waals surface area contributed by atoms with Gasteiger partial charge in [-0.1, -0.05) is 45.2 Å². The number of halogens is 2. The Morgan fingerprint density at radius 2 is 1.23 bits per heavy atom. The summed E-state index contributed by atoms with van der Waals surface area (Å²) in [6, 6.07) is 0. The van der Waals surface area contributed by atoms with Gasteiger partial charge >= 0.3 is 0 Å². The van der Waals surface area contributed by atoms with Crippen molar-refractivity contribution in [1.82, 2.24) is 4.90 Å². The number of alkyl halides is 2. The van der Waals surface area contributed by atoms with Gasteiger partial charge in [-0.2, -0.15) is 0 Å². The van der Waals surface area contributed by atoms with Gasteiger partial charge in [0.05, 0.1) is 1.43 Å². The Morgan fingerprint density at radius 3 is 1.54 bits per heavy atom. The number of likely N-dealkylation sites (tertiary alicyclic amines) is 1. The molecule has 0 N–H and O–H groups in total. The Labute approximate surface area is 109 Å². The van der Waals surface area contributed by atoms with E-state index in [0.29, 0.717) is 12.5 Å². The molecular formula is C10H19I2N. The smallest absolute Gasteiger partial charge is 0.0769 e. The molecule has 1 aliphatic rings. The highest BCUT2D eigenvalue weighted by Crippen LogP contribution is 2.50. The molecule has 0 unspecified atom stereocenters. The summed E-state index contributed by atoms with van der Waals surface area (Å²) in [5, 5.41) is 0. The summed E-state index contributed by atoms with van der Waals surface area (Å²) in [4.78, 5) is 2.52. The van der Waals surface area contributed by atoms with Crippen molar-refractivity contribution in [1.29, 1.82) is 0 Å². The zero-order valence-corrected chi connectivity index (χ0v) is 13.4. The molecular weight excluding hydrogens is 388 g/mol. The van der Waals surface area contributed by atoms with Crippen LogP contribution in [0.25, 0.3) is 0 Å². The van der Waals surface area contributed by atoms with Gasteiger partial charge in [0.25, 0.3) is 0 Å². The van der Waals surface area contributed by atoms with Crippen molar-refractivity contribution in [3.8, 4) is 0 Å². The first-order chi connectivity index (χ1) is 5.57. The monoisotopic (exact) mass is 407 g/mol. The van der Waals surface area contributed by atoms with E-state index in [-0.39, 0.29) is 0 Å². The zero-order valence-electron chi connectivity index (χ0n) is 9.12. The summed E-state index contributed by atoms with van der Waals surface area (Å²) in [5.41, 5.74) is 0.647. The van der Waals surface area contributed by atoms with Crippen molar-refractivity contribution in [2.45, 2.75) is 53.0 Å². The molecule has 13 heavy (non-hydrogen) atoms. The summed E-state index contributed by atoms with van der Waals surface area (Å²) in [7, 11) is 2.25. The van der Waals surface area contributed by atoms with Crippen LogP contribution in [0.4, 0.5) is 0 Å². The van der Waals surface area contributed by atoms with Gasteiger partial charge in [-0.3, -0.25) is 4.90 Å². The summed E-state index contributed by atoms with van der Waals surface area (Å²) in [6.07, 6.45) is 2.53. The fourth-order valence-corrected chi connectivity index (χ4v) is 6.12. The second kappa shape index (κ2) is 3.47. The van der Waals surface area contributed by atoms with Crippen LogP contribution >= 0.6 is 45.2 Å². The molecule has 0 saturated carbocycles. The quantitative estimate of drug-likeness (QED) is 0.436. The largest absolute Gasteiger partial charge is 0.296 e. The Hall–Kier alpha value is 1.42. The molecule has 3 heteroatoms. The third kappa shape index (κ3) is 2.71. The summed E-state index contributed by atoms with van der Waals surface area (Å²) in [5.74, 6) is 0. The maximum atomic E-state index is 2.61. The minimum atomic E-state index is 0.324. The molecule has 0 aromatic rings. The number of hydrogen-bond acceptors (Lipinski definition) is 1. The molecule has 0 spiro atoms. The van der Waals surface area contributed by atoms with Gasteiger partial charge in [-0.05, 0) is 47.6 Å². The molecule has 0 radical (unpaired) electrons. The Kier molecular flexibility index (Phi) is 3.34. The zero-order chi connectivity index (χ0) is 10.5. The molecule has 0 amide bonds. The van der Waals surface area contributed by atoms with Crippen LogP contribution in [0.5, 0.6) is 0 Å². The molecule has 0 atom stereocenters. The van der Waals surface area contributed by atoms with Crippen LogP contribution in [0.15, 0.2) is 0 Å².